The molecule has 0 atom stereocenters. The molecule has 1 heterocycles. The zero-order chi connectivity index (χ0) is 7.56. The van der Waals surface area contributed by atoms with Gasteiger partial charge in [0, 0.05) is 0 Å². The highest BCUT2D eigenvalue weighted by atomic mass is 19.3. The number of carbonyl (C=O) groups excluding carboxylic acids is 1. The van der Waals surface area contributed by atoms with Crippen molar-refractivity contribution >= 4 is 5.91 Å². The predicted molar refractivity (Wildman–Crippen MR) is 28.3 cm³/mol. The third-order valence-corrected chi connectivity index (χ3v) is 1.15. The average Bonchev–Trinajstić information content (AvgIpc) is 2.15. The van der Waals surface area contributed by atoms with Crippen LogP contribution in [0.5, 0.6) is 0 Å². The molecule has 1 aliphatic rings. The highest BCUT2D eigenvalue weighted by molar-refractivity contribution is 5.76. The maximum absolute atomic E-state index is 11.6. The molecule has 0 radical (unpaired) electrons. The summed E-state index contributed by atoms with van der Waals surface area (Å²) in [4.78, 5) is 15.2. The Bertz CT molecular complexity index is 140. The second-order valence-electron chi connectivity index (χ2n) is 1.93. The average molecular weight is 151 g/mol. The van der Waals surface area contributed by atoms with Gasteiger partial charge in [0.2, 0.25) is 5.91 Å². The first kappa shape index (κ1) is 7.40. The summed E-state index contributed by atoms with van der Waals surface area (Å²) in [5.41, 5.74) is 0. The molecule has 0 aliphatic carbocycles. The maximum atomic E-state index is 11.6. The lowest BCUT2D eigenvalue weighted by Crippen LogP contribution is -2.28. The Morgan fingerprint density at radius 3 is 2.80 bits per heavy atom. The van der Waals surface area contributed by atoms with Gasteiger partial charge in [0.25, 0.3) is 6.43 Å². The molecular formula is C5H7F2NO2. The Labute approximate surface area is 56.5 Å². The molecule has 58 valence electrons. The van der Waals surface area contributed by atoms with Crippen LogP contribution in [0.4, 0.5) is 8.78 Å². The van der Waals surface area contributed by atoms with Crippen molar-refractivity contribution in [3.63, 3.8) is 0 Å². The fraction of sp³-hybridized carbons (Fsp3) is 0.800. The standard InChI is InChI=1S/C5H7F2NO2/c6-4(7)3-8-5(9)1-2-10-8/h4H,1-3H2. The molecule has 0 bridgehead atoms. The molecule has 0 aromatic rings. The van der Waals surface area contributed by atoms with E-state index in [1.807, 2.05) is 0 Å². The van der Waals surface area contributed by atoms with Crippen LogP contribution >= 0.6 is 0 Å². The largest absolute Gasteiger partial charge is 0.272 e. The Hall–Kier alpha value is -0.710. The van der Waals surface area contributed by atoms with E-state index in [9.17, 15) is 13.6 Å². The first-order valence-electron chi connectivity index (χ1n) is 2.91. The Morgan fingerprint density at radius 1 is 1.70 bits per heavy atom. The minimum Gasteiger partial charge on any atom is -0.272 e. The van der Waals surface area contributed by atoms with Crippen LogP contribution in [0, 0.1) is 0 Å². The van der Waals surface area contributed by atoms with Gasteiger partial charge in [-0.1, -0.05) is 0 Å². The fourth-order valence-corrected chi connectivity index (χ4v) is 0.720. The monoisotopic (exact) mass is 151 g/mol. The molecule has 0 aromatic heterocycles. The molecule has 0 aromatic carbocycles. The molecule has 1 aliphatic heterocycles. The van der Waals surface area contributed by atoms with E-state index < -0.39 is 13.0 Å². The molecule has 1 amide bonds. The van der Waals surface area contributed by atoms with Crippen molar-refractivity contribution in [2.75, 3.05) is 13.2 Å². The van der Waals surface area contributed by atoms with Crippen molar-refractivity contribution in [3.05, 3.63) is 0 Å². The smallest absolute Gasteiger partial charge is 0.258 e. The second kappa shape index (κ2) is 2.92. The van der Waals surface area contributed by atoms with Crippen molar-refractivity contribution in [2.24, 2.45) is 0 Å². The van der Waals surface area contributed by atoms with Gasteiger partial charge in [-0.3, -0.25) is 9.63 Å². The number of rotatable bonds is 2. The summed E-state index contributed by atoms with van der Waals surface area (Å²) in [6.45, 7) is -0.385. The lowest BCUT2D eigenvalue weighted by Gasteiger charge is -2.11. The second-order valence-corrected chi connectivity index (χ2v) is 1.93. The van der Waals surface area contributed by atoms with Gasteiger partial charge >= 0.3 is 0 Å². The van der Waals surface area contributed by atoms with Gasteiger partial charge in [-0.25, -0.2) is 13.8 Å². The summed E-state index contributed by atoms with van der Waals surface area (Å²) in [5, 5.41) is 0.713. The van der Waals surface area contributed by atoms with Crippen LogP contribution in [-0.4, -0.2) is 30.5 Å². The molecule has 1 saturated heterocycles. The van der Waals surface area contributed by atoms with E-state index in [-0.39, 0.29) is 18.9 Å². The zero-order valence-corrected chi connectivity index (χ0v) is 5.22. The maximum Gasteiger partial charge on any atom is 0.258 e. The quantitative estimate of drug-likeness (QED) is 0.572. The minimum absolute atomic E-state index is 0.215. The SMILES string of the molecule is O=C1CCON1CC(F)F. The van der Waals surface area contributed by atoms with Crippen molar-refractivity contribution in [1.29, 1.82) is 0 Å². The molecule has 0 N–H and O–H groups in total. The van der Waals surface area contributed by atoms with E-state index in [2.05, 4.69) is 4.84 Å². The highest BCUT2D eigenvalue weighted by Gasteiger charge is 2.24. The highest BCUT2D eigenvalue weighted by Crippen LogP contribution is 2.08. The van der Waals surface area contributed by atoms with E-state index in [0.29, 0.717) is 5.06 Å². The third kappa shape index (κ3) is 1.63. The number of halogens is 2. The third-order valence-electron chi connectivity index (χ3n) is 1.15. The first-order chi connectivity index (χ1) is 4.70. The van der Waals surface area contributed by atoms with Crippen LogP contribution in [0.1, 0.15) is 6.42 Å². The van der Waals surface area contributed by atoms with Gasteiger partial charge in [0.15, 0.2) is 0 Å². The fourth-order valence-electron chi connectivity index (χ4n) is 0.720. The Morgan fingerprint density at radius 2 is 2.40 bits per heavy atom. The van der Waals surface area contributed by atoms with Crippen molar-refractivity contribution in [2.45, 2.75) is 12.8 Å². The summed E-state index contributed by atoms with van der Waals surface area (Å²) < 4.78 is 23.2. The normalized spacial score (nSPS) is 19.1. The molecule has 5 heteroatoms. The summed E-state index contributed by atoms with van der Waals surface area (Å²) in [7, 11) is 0. The molecule has 3 nitrogen and oxygen atoms in total. The Balaban J connectivity index is 2.33. The number of amides is 1. The van der Waals surface area contributed by atoms with E-state index in [0.717, 1.165) is 0 Å². The van der Waals surface area contributed by atoms with Crippen LogP contribution in [0.25, 0.3) is 0 Å². The number of hydrogen-bond donors (Lipinski definition) is 0. The number of nitrogens with zero attached hydrogens (tertiary/aromatic N) is 1. The van der Waals surface area contributed by atoms with Crippen LogP contribution in [0.2, 0.25) is 0 Å². The van der Waals surface area contributed by atoms with Gasteiger partial charge in [-0.15, -0.1) is 0 Å². The number of alkyl halides is 2. The van der Waals surface area contributed by atoms with Gasteiger partial charge in [0.05, 0.1) is 13.0 Å². The molecule has 0 spiro atoms. The summed E-state index contributed by atoms with van der Waals surface area (Å²) >= 11 is 0. The number of hydrogen-bond acceptors (Lipinski definition) is 2. The van der Waals surface area contributed by atoms with E-state index >= 15 is 0 Å². The van der Waals surface area contributed by atoms with Gasteiger partial charge in [-0.05, 0) is 0 Å². The summed E-state index contributed by atoms with van der Waals surface area (Å²) in [6.07, 6.45) is -2.30. The first-order valence-corrected chi connectivity index (χ1v) is 2.91. The van der Waals surface area contributed by atoms with Gasteiger partial charge < -0.3 is 0 Å². The Kier molecular flexibility index (Phi) is 2.16. The van der Waals surface area contributed by atoms with Crippen LogP contribution < -0.4 is 0 Å². The van der Waals surface area contributed by atoms with Crippen molar-refractivity contribution in [3.8, 4) is 0 Å². The molecule has 10 heavy (non-hydrogen) atoms. The van der Waals surface area contributed by atoms with Crippen molar-refractivity contribution < 1.29 is 18.4 Å². The summed E-state index contributed by atoms with van der Waals surface area (Å²) in [6, 6.07) is 0. The zero-order valence-electron chi connectivity index (χ0n) is 5.22. The van der Waals surface area contributed by atoms with E-state index in [4.69, 9.17) is 0 Å². The van der Waals surface area contributed by atoms with Crippen molar-refractivity contribution in [1.82, 2.24) is 5.06 Å². The molecular weight excluding hydrogens is 144 g/mol. The van der Waals surface area contributed by atoms with Gasteiger partial charge in [-0.2, -0.15) is 0 Å². The van der Waals surface area contributed by atoms with Crippen LogP contribution in [0.3, 0.4) is 0 Å². The van der Waals surface area contributed by atoms with E-state index in [1.165, 1.54) is 0 Å². The molecule has 1 fully saturated rings. The predicted octanol–water partition coefficient (Wildman–Crippen LogP) is 0.415. The molecule has 1 rings (SSSR count). The number of hydroxylamine groups is 2. The van der Waals surface area contributed by atoms with E-state index in [1.54, 1.807) is 0 Å². The summed E-state index contributed by atoms with van der Waals surface area (Å²) in [5.74, 6) is -0.361. The number of carbonyl (C=O) groups is 1. The van der Waals surface area contributed by atoms with Gasteiger partial charge in [0.1, 0.15) is 6.54 Å². The lowest BCUT2D eigenvalue weighted by atomic mass is 10.4. The minimum atomic E-state index is -2.51. The van der Waals surface area contributed by atoms with Crippen LogP contribution in [0.15, 0.2) is 0 Å². The molecule has 0 saturated carbocycles. The lowest BCUT2D eigenvalue weighted by molar-refractivity contribution is -0.169. The molecule has 0 unspecified atom stereocenters. The topological polar surface area (TPSA) is 29.5 Å². The van der Waals surface area contributed by atoms with Crippen LogP contribution in [-0.2, 0) is 9.63 Å².